The van der Waals surface area contributed by atoms with Crippen molar-refractivity contribution in [1.29, 1.82) is 0 Å². The monoisotopic (exact) mass is 199 g/mol. The van der Waals surface area contributed by atoms with Crippen LogP contribution in [-0.2, 0) is 4.79 Å². The average molecular weight is 199 g/mol. The normalized spacial score (nSPS) is 27.9. The number of nitrogens with zero attached hydrogens (tertiary/aromatic N) is 1. The summed E-state index contributed by atoms with van der Waals surface area (Å²) in [5, 5.41) is 8.98. The Kier molecular flexibility index (Phi) is 3.20. The van der Waals surface area contributed by atoms with Crippen LogP contribution in [0.5, 0.6) is 0 Å². The maximum Gasteiger partial charge on any atom is 0.306 e. The van der Waals surface area contributed by atoms with Crippen molar-refractivity contribution in [1.82, 2.24) is 4.90 Å². The highest BCUT2D eigenvalue weighted by Crippen LogP contribution is 2.32. The third-order valence-electron chi connectivity index (χ3n) is 3.21. The highest BCUT2D eigenvalue weighted by Gasteiger charge is 2.38. The third-order valence-corrected chi connectivity index (χ3v) is 3.21. The fraction of sp³-hybridized carbons (Fsp3) is 0.909. The van der Waals surface area contributed by atoms with Crippen LogP contribution in [0.15, 0.2) is 0 Å². The Labute approximate surface area is 86.1 Å². The van der Waals surface area contributed by atoms with E-state index in [0.717, 1.165) is 19.4 Å². The molecular weight excluding hydrogens is 178 g/mol. The molecule has 0 aromatic carbocycles. The van der Waals surface area contributed by atoms with Crippen LogP contribution in [0.3, 0.4) is 0 Å². The first-order valence-corrected chi connectivity index (χ1v) is 5.34. The van der Waals surface area contributed by atoms with E-state index in [1.807, 2.05) is 0 Å². The van der Waals surface area contributed by atoms with Crippen molar-refractivity contribution < 1.29 is 9.90 Å². The van der Waals surface area contributed by atoms with Crippen molar-refractivity contribution in [3.63, 3.8) is 0 Å². The minimum Gasteiger partial charge on any atom is -0.481 e. The number of carbonyl (C=O) groups is 1. The van der Waals surface area contributed by atoms with Gasteiger partial charge < -0.3 is 5.11 Å². The van der Waals surface area contributed by atoms with Crippen LogP contribution in [0.25, 0.3) is 0 Å². The molecule has 82 valence electrons. The fourth-order valence-electron chi connectivity index (χ4n) is 2.59. The van der Waals surface area contributed by atoms with Gasteiger partial charge >= 0.3 is 5.97 Å². The quantitative estimate of drug-likeness (QED) is 0.739. The van der Waals surface area contributed by atoms with Crippen LogP contribution in [0.4, 0.5) is 0 Å². The zero-order chi connectivity index (χ0) is 10.9. The van der Waals surface area contributed by atoms with Gasteiger partial charge in [-0.1, -0.05) is 0 Å². The fourth-order valence-corrected chi connectivity index (χ4v) is 2.59. The van der Waals surface area contributed by atoms with E-state index in [0.29, 0.717) is 6.04 Å². The lowest BCUT2D eigenvalue weighted by Crippen LogP contribution is -2.54. The van der Waals surface area contributed by atoms with Crippen molar-refractivity contribution in [3.05, 3.63) is 0 Å². The predicted octanol–water partition coefficient (Wildman–Crippen LogP) is 1.97. The molecule has 3 nitrogen and oxygen atoms in total. The zero-order valence-corrected chi connectivity index (χ0v) is 9.58. The Bertz CT molecular complexity index is 223. The van der Waals surface area contributed by atoms with E-state index in [4.69, 9.17) is 5.11 Å². The lowest BCUT2D eigenvalue weighted by atomic mass is 9.82. The summed E-state index contributed by atoms with van der Waals surface area (Å²) in [5.74, 6) is -0.790. The van der Waals surface area contributed by atoms with Gasteiger partial charge in [0.1, 0.15) is 0 Å². The molecule has 0 aromatic rings. The summed E-state index contributed by atoms with van der Waals surface area (Å²) in [4.78, 5) is 13.3. The Morgan fingerprint density at radius 2 is 2.07 bits per heavy atom. The smallest absolute Gasteiger partial charge is 0.306 e. The lowest BCUT2D eigenvalue weighted by molar-refractivity contribution is -0.145. The lowest BCUT2D eigenvalue weighted by Gasteiger charge is -2.47. The Morgan fingerprint density at radius 3 is 2.43 bits per heavy atom. The highest BCUT2D eigenvalue weighted by molar-refractivity contribution is 5.70. The van der Waals surface area contributed by atoms with Crippen LogP contribution in [-0.4, -0.2) is 34.1 Å². The molecule has 0 aromatic heterocycles. The van der Waals surface area contributed by atoms with Crippen molar-refractivity contribution in [2.75, 3.05) is 6.54 Å². The standard InChI is InChI=1S/C11H21NO2/c1-8(2)12-6-5-9(10(13)14)7-11(12,3)4/h8-9H,5-7H2,1-4H3,(H,13,14). The Morgan fingerprint density at radius 1 is 1.50 bits per heavy atom. The molecule has 0 amide bonds. The van der Waals surface area contributed by atoms with E-state index in [9.17, 15) is 4.79 Å². The molecule has 1 heterocycles. The molecular formula is C11H21NO2. The van der Waals surface area contributed by atoms with E-state index in [1.165, 1.54) is 0 Å². The summed E-state index contributed by atoms with van der Waals surface area (Å²) in [5.41, 5.74) is 0.0233. The molecule has 1 saturated heterocycles. The maximum absolute atomic E-state index is 10.9. The molecule has 1 rings (SSSR count). The highest BCUT2D eigenvalue weighted by atomic mass is 16.4. The van der Waals surface area contributed by atoms with Gasteiger partial charge in [-0.15, -0.1) is 0 Å². The zero-order valence-electron chi connectivity index (χ0n) is 9.58. The molecule has 0 spiro atoms. The number of rotatable bonds is 2. The number of likely N-dealkylation sites (tertiary alicyclic amines) is 1. The van der Waals surface area contributed by atoms with Crippen molar-refractivity contribution in [3.8, 4) is 0 Å². The molecule has 0 radical (unpaired) electrons. The second-order valence-electron chi connectivity index (χ2n) is 5.13. The third kappa shape index (κ3) is 2.27. The van der Waals surface area contributed by atoms with Crippen molar-refractivity contribution >= 4 is 5.97 Å². The Balaban J connectivity index is 2.70. The summed E-state index contributed by atoms with van der Waals surface area (Å²) in [6, 6.07) is 0.500. The number of piperidine rings is 1. The first kappa shape index (κ1) is 11.5. The minimum absolute atomic E-state index is 0.0233. The number of aliphatic carboxylic acids is 1. The van der Waals surface area contributed by atoms with Gasteiger partial charge in [-0.2, -0.15) is 0 Å². The van der Waals surface area contributed by atoms with E-state index in [2.05, 4.69) is 32.6 Å². The molecule has 0 aliphatic carbocycles. The Hall–Kier alpha value is -0.570. The van der Waals surface area contributed by atoms with Gasteiger partial charge in [0.25, 0.3) is 0 Å². The number of carboxylic acid groups (broad SMARTS) is 1. The van der Waals surface area contributed by atoms with Crippen molar-refractivity contribution in [2.24, 2.45) is 5.92 Å². The molecule has 1 aliphatic rings. The van der Waals surface area contributed by atoms with E-state index < -0.39 is 5.97 Å². The molecule has 1 aliphatic heterocycles. The van der Waals surface area contributed by atoms with Crippen LogP contribution >= 0.6 is 0 Å². The van der Waals surface area contributed by atoms with E-state index in [-0.39, 0.29) is 11.5 Å². The first-order valence-electron chi connectivity index (χ1n) is 5.34. The maximum atomic E-state index is 10.9. The number of hydrogen-bond acceptors (Lipinski definition) is 2. The van der Waals surface area contributed by atoms with Gasteiger partial charge in [0.15, 0.2) is 0 Å². The molecule has 1 N–H and O–H groups in total. The summed E-state index contributed by atoms with van der Waals surface area (Å²) in [6.45, 7) is 9.53. The average Bonchev–Trinajstić information content (AvgIpc) is 2.01. The largest absolute Gasteiger partial charge is 0.481 e. The van der Waals surface area contributed by atoms with Gasteiger partial charge in [0, 0.05) is 11.6 Å². The van der Waals surface area contributed by atoms with E-state index in [1.54, 1.807) is 0 Å². The molecule has 3 heteroatoms. The van der Waals surface area contributed by atoms with E-state index >= 15 is 0 Å². The van der Waals surface area contributed by atoms with Gasteiger partial charge in [0.2, 0.25) is 0 Å². The van der Waals surface area contributed by atoms with Crippen LogP contribution < -0.4 is 0 Å². The molecule has 1 unspecified atom stereocenters. The van der Waals surface area contributed by atoms with Crippen LogP contribution in [0.2, 0.25) is 0 Å². The molecule has 14 heavy (non-hydrogen) atoms. The molecule has 1 fully saturated rings. The number of hydrogen-bond donors (Lipinski definition) is 1. The first-order chi connectivity index (χ1) is 6.34. The summed E-state index contributed by atoms with van der Waals surface area (Å²) < 4.78 is 0. The second-order valence-corrected chi connectivity index (χ2v) is 5.13. The summed E-state index contributed by atoms with van der Waals surface area (Å²) in [7, 11) is 0. The van der Waals surface area contributed by atoms with Gasteiger partial charge in [0.05, 0.1) is 5.92 Å². The molecule has 0 saturated carbocycles. The van der Waals surface area contributed by atoms with Gasteiger partial charge in [-0.05, 0) is 47.1 Å². The minimum atomic E-state index is -0.638. The van der Waals surface area contributed by atoms with Crippen LogP contribution in [0.1, 0.15) is 40.5 Å². The predicted molar refractivity (Wildman–Crippen MR) is 56.3 cm³/mol. The van der Waals surface area contributed by atoms with Crippen LogP contribution in [0, 0.1) is 5.92 Å². The SMILES string of the molecule is CC(C)N1CCC(C(=O)O)CC1(C)C. The topological polar surface area (TPSA) is 40.5 Å². The number of carboxylic acids is 1. The summed E-state index contributed by atoms with van der Waals surface area (Å²) >= 11 is 0. The summed E-state index contributed by atoms with van der Waals surface area (Å²) in [6.07, 6.45) is 1.55. The second kappa shape index (κ2) is 3.89. The van der Waals surface area contributed by atoms with Crippen molar-refractivity contribution in [2.45, 2.75) is 52.1 Å². The molecule has 1 atom stereocenters. The van der Waals surface area contributed by atoms with Gasteiger partial charge in [-0.25, -0.2) is 0 Å². The molecule has 0 bridgehead atoms. The van der Waals surface area contributed by atoms with Gasteiger partial charge in [-0.3, -0.25) is 9.69 Å².